The van der Waals surface area contributed by atoms with Crippen molar-refractivity contribution in [3.8, 4) is 5.75 Å². The van der Waals surface area contributed by atoms with Gasteiger partial charge in [0.15, 0.2) is 5.96 Å². The van der Waals surface area contributed by atoms with Crippen molar-refractivity contribution in [2.45, 2.75) is 39.0 Å². The van der Waals surface area contributed by atoms with Crippen LogP contribution in [0.25, 0.3) is 0 Å². The third-order valence-corrected chi connectivity index (χ3v) is 5.16. The van der Waals surface area contributed by atoms with E-state index in [1.807, 2.05) is 29.2 Å². The third-order valence-electron chi connectivity index (χ3n) is 5.16. The molecule has 0 unspecified atom stereocenters. The first-order valence-corrected chi connectivity index (χ1v) is 10.4. The Kier molecular flexibility index (Phi) is 10.6. The van der Waals surface area contributed by atoms with Crippen LogP contribution in [0.5, 0.6) is 5.75 Å². The molecule has 174 valence electrons. The predicted octanol–water partition coefficient (Wildman–Crippen LogP) is 4.40. The Balaban J connectivity index is 0.00000363. The lowest BCUT2D eigenvalue weighted by Gasteiger charge is -2.26. The number of nitrogens with one attached hydrogen (secondary N) is 2. The fourth-order valence-corrected chi connectivity index (χ4v) is 3.49. The minimum Gasteiger partial charge on any atom is -0.434 e. The lowest BCUT2D eigenvalue weighted by molar-refractivity contribution is -0.0504. The summed E-state index contributed by atoms with van der Waals surface area (Å²) in [5, 5.41) is 6.28. The molecular formula is C23H29F2IN4O2. The van der Waals surface area contributed by atoms with E-state index < -0.39 is 6.61 Å². The van der Waals surface area contributed by atoms with Crippen LogP contribution in [0.2, 0.25) is 0 Å². The van der Waals surface area contributed by atoms with E-state index in [0.717, 1.165) is 31.5 Å². The van der Waals surface area contributed by atoms with Gasteiger partial charge in [0.2, 0.25) is 0 Å². The Hall–Kier alpha value is -2.43. The first kappa shape index (κ1) is 25.8. The standard InChI is InChI=1S/C23H28F2N4O2.HI/c1-26-23(28-16-19-7-3-4-8-20(19)31-22(24)25)27-15-17-9-11-18(12-10-17)21(30)29-13-5-2-6-14-29;/h3-4,7-12,22H,2,5-6,13-16H2,1H3,(H2,26,27,28);1H. The molecule has 0 spiro atoms. The SMILES string of the molecule is CN=C(NCc1ccc(C(=O)N2CCCCC2)cc1)NCc1ccccc1OC(F)F.I. The predicted molar refractivity (Wildman–Crippen MR) is 132 cm³/mol. The summed E-state index contributed by atoms with van der Waals surface area (Å²) in [5.74, 6) is 0.746. The maximum atomic E-state index is 12.6. The number of carbonyl (C=O) groups is 1. The molecule has 2 aromatic rings. The normalized spacial score (nSPS) is 14.0. The Morgan fingerprint density at radius 2 is 1.69 bits per heavy atom. The molecule has 6 nitrogen and oxygen atoms in total. The Bertz CT molecular complexity index is 888. The number of aliphatic imine (C=N–C) groups is 1. The minimum absolute atomic E-state index is 0. The van der Waals surface area contributed by atoms with Crippen LogP contribution < -0.4 is 15.4 Å². The van der Waals surface area contributed by atoms with E-state index in [1.165, 1.54) is 12.5 Å². The van der Waals surface area contributed by atoms with E-state index >= 15 is 0 Å². The molecule has 1 saturated heterocycles. The summed E-state index contributed by atoms with van der Waals surface area (Å²) in [6.07, 6.45) is 3.33. The number of likely N-dealkylation sites (tertiary alicyclic amines) is 1. The molecule has 32 heavy (non-hydrogen) atoms. The first-order valence-electron chi connectivity index (χ1n) is 10.4. The van der Waals surface area contributed by atoms with Crippen molar-refractivity contribution in [2.75, 3.05) is 20.1 Å². The van der Waals surface area contributed by atoms with Crippen LogP contribution >= 0.6 is 24.0 Å². The number of carbonyl (C=O) groups excluding carboxylic acids is 1. The van der Waals surface area contributed by atoms with Gasteiger partial charge in [-0.15, -0.1) is 24.0 Å². The van der Waals surface area contributed by atoms with Gasteiger partial charge < -0.3 is 20.3 Å². The maximum absolute atomic E-state index is 12.6. The van der Waals surface area contributed by atoms with Gasteiger partial charge in [-0.2, -0.15) is 8.78 Å². The Labute approximate surface area is 204 Å². The second kappa shape index (κ2) is 13.2. The average Bonchev–Trinajstić information content (AvgIpc) is 2.80. The van der Waals surface area contributed by atoms with Crippen LogP contribution in [0.15, 0.2) is 53.5 Å². The van der Waals surface area contributed by atoms with Crippen molar-refractivity contribution in [1.29, 1.82) is 0 Å². The van der Waals surface area contributed by atoms with Gasteiger partial charge in [-0.25, -0.2) is 0 Å². The van der Waals surface area contributed by atoms with Gasteiger partial charge in [-0.1, -0.05) is 30.3 Å². The molecule has 1 heterocycles. The van der Waals surface area contributed by atoms with E-state index in [0.29, 0.717) is 23.6 Å². The smallest absolute Gasteiger partial charge is 0.387 e. The van der Waals surface area contributed by atoms with Crippen molar-refractivity contribution in [3.63, 3.8) is 0 Å². The van der Waals surface area contributed by atoms with Gasteiger partial charge in [0, 0.05) is 44.4 Å². The van der Waals surface area contributed by atoms with E-state index in [9.17, 15) is 13.6 Å². The average molecular weight is 558 g/mol. The van der Waals surface area contributed by atoms with Gasteiger partial charge in [0.1, 0.15) is 5.75 Å². The van der Waals surface area contributed by atoms with Crippen LogP contribution in [0.3, 0.4) is 0 Å². The molecule has 0 saturated carbocycles. The molecule has 0 aromatic heterocycles. The summed E-state index contributed by atoms with van der Waals surface area (Å²) in [6.45, 7) is -0.423. The summed E-state index contributed by atoms with van der Waals surface area (Å²) in [6, 6.07) is 14.2. The second-order valence-electron chi connectivity index (χ2n) is 7.32. The number of para-hydroxylation sites is 1. The monoisotopic (exact) mass is 558 g/mol. The number of guanidine groups is 1. The van der Waals surface area contributed by atoms with Crippen molar-refractivity contribution in [2.24, 2.45) is 4.99 Å². The third kappa shape index (κ3) is 7.61. The molecule has 1 aliphatic heterocycles. The van der Waals surface area contributed by atoms with Gasteiger partial charge in [0.25, 0.3) is 5.91 Å². The summed E-state index contributed by atoms with van der Waals surface area (Å²) in [5.41, 5.74) is 2.30. The molecule has 2 N–H and O–H groups in total. The Morgan fingerprint density at radius 3 is 2.34 bits per heavy atom. The van der Waals surface area contributed by atoms with Gasteiger partial charge in [0.05, 0.1) is 0 Å². The second-order valence-corrected chi connectivity index (χ2v) is 7.32. The molecule has 0 atom stereocenters. The topological polar surface area (TPSA) is 66.0 Å². The van der Waals surface area contributed by atoms with E-state index in [4.69, 9.17) is 0 Å². The van der Waals surface area contributed by atoms with E-state index in [-0.39, 0.29) is 42.2 Å². The van der Waals surface area contributed by atoms with Crippen molar-refractivity contribution >= 4 is 35.8 Å². The highest BCUT2D eigenvalue weighted by Gasteiger charge is 2.17. The van der Waals surface area contributed by atoms with E-state index in [2.05, 4.69) is 20.4 Å². The highest BCUT2D eigenvalue weighted by Crippen LogP contribution is 2.20. The van der Waals surface area contributed by atoms with Gasteiger partial charge in [-0.3, -0.25) is 9.79 Å². The van der Waals surface area contributed by atoms with Crippen LogP contribution in [0, 0.1) is 0 Å². The van der Waals surface area contributed by atoms with Crippen molar-refractivity contribution in [3.05, 3.63) is 65.2 Å². The molecule has 3 rings (SSSR count). The van der Waals surface area contributed by atoms with Crippen molar-refractivity contribution < 1.29 is 18.3 Å². The summed E-state index contributed by atoms with van der Waals surface area (Å²) in [4.78, 5) is 18.6. The number of alkyl halides is 2. The van der Waals surface area contributed by atoms with E-state index in [1.54, 1.807) is 25.2 Å². The lowest BCUT2D eigenvalue weighted by Crippen LogP contribution is -2.36. The highest BCUT2D eigenvalue weighted by molar-refractivity contribution is 14.0. The molecule has 2 aromatic carbocycles. The van der Waals surface area contributed by atoms with Crippen molar-refractivity contribution in [1.82, 2.24) is 15.5 Å². The number of ether oxygens (including phenoxy) is 1. The number of hydrogen-bond donors (Lipinski definition) is 2. The van der Waals surface area contributed by atoms with Gasteiger partial charge in [-0.05, 0) is 43.0 Å². The molecule has 1 fully saturated rings. The molecule has 0 bridgehead atoms. The fraction of sp³-hybridized carbons (Fsp3) is 0.391. The maximum Gasteiger partial charge on any atom is 0.387 e. The molecule has 0 radical (unpaired) electrons. The number of hydrogen-bond acceptors (Lipinski definition) is 3. The lowest BCUT2D eigenvalue weighted by atomic mass is 10.1. The van der Waals surface area contributed by atoms with Crippen LogP contribution in [0.4, 0.5) is 8.78 Å². The molecule has 9 heteroatoms. The van der Waals surface area contributed by atoms with Crippen LogP contribution in [-0.2, 0) is 13.1 Å². The zero-order chi connectivity index (χ0) is 22.1. The zero-order valence-electron chi connectivity index (χ0n) is 18.0. The molecule has 1 aliphatic rings. The summed E-state index contributed by atoms with van der Waals surface area (Å²) in [7, 11) is 1.64. The highest BCUT2D eigenvalue weighted by atomic mass is 127. The minimum atomic E-state index is -2.87. The van der Waals surface area contributed by atoms with Gasteiger partial charge >= 0.3 is 6.61 Å². The number of amides is 1. The summed E-state index contributed by atoms with van der Waals surface area (Å²) < 4.78 is 29.7. The van der Waals surface area contributed by atoms with Crippen LogP contribution in [-0.4, -0.2) is 43.5 Å². The Morgan fingerprint density at radius 1 is 1.03 bits per heavy atom. The zero-order valence-corrected chi connectivity index (χ0v) is 20.4. The number of halogens is 3. The number of piperidine rings is 1. The first-order chi connectivity index (χ1) is 15.1. The number of nitrogens with zero attached hydrogens (tertiary/aromatic N) is 2. The fourth-order valence-electron chi connectivity index (χ4n) is 3.49. The molecule has 1 amide bonds. The van der Waals surface area contributed by atoms with Crippen LogP contribution in [0.1, 0.15) is 40.7 Å². The number of rotatable bonds is 7. The summed E-state index contributed by atoms with van der Waals surface area (Å²) >= 11 is 0. The largest absolute Gasteiger partial charge is 0.434 e. The quantitative estimate of drug-likeness (QED) is 0.301. The number of benzene rings is 2. The molecule has 0 aliphatic carbocycles. The molecular weight excluding hydrogens is 529 g/mol.